The van der Waals surface area contributed by atoms with Crippen molar-refractivity contribution in [3.05, 3.63) is 54.7 Å². The maximum Gasteiger partial charge on any atom is 0.234 e. The average molecular weight is 491 g/mol. The van der Waals surface area contributed by atoms with Crippen LogP contribution in [-0.4, -0.2) is 50.0 Å². The maximum atomic E-state index is 12.7. The van der Waals surface area contributed by atoms with Gasteiger partial charge in [-0.3, -0.25) is 14.2 Å². The highest BCUT2D eigenvalue weighted by Gasteiger charge is 2.23. The van der Waals surface area contributed by atoms with Crippen LogP contribution in [-0.2, 0) is 20.9 Å². The molecule has 180 valence electrons. The second kappa shape index (κ2) is 10.3. The monoisotopic (exact) mass is 490 g/mol. The molecule has 1 fully saturated rings. The number of carbonyl (C=O) groups is 2. The highest BCUT2D eigenvalue weighted by molar-refractivity contribution is 7.99. The van der Waals surface area contributed by atoms with E-state index in [2.05, 4.69) is 36.4 Å². The number of carbonyl (C=O) groups excluding carboxylic acids is 2. The molecule has 0 radical (unpaired) electrons. The lowest BCUT2D eigenvalue weighted by Gasteiger charge is -2.14. The Morgan fingerprint density at radius 1 is 1.14 bits per heavy atom. The standard InChI is InChI=1S/C25H26N6O3S/c1-16(32)27-17-6-4-7-18(12-17)28-23(33)15-35-25-30-29-24(31(25)14-19-8-5-11-34-19)21-13-26-22-10-3-2-9-20(21)22/h2-4,6-7,9-10,12-13,19,26H,5,8,11,14-15H2,1H3,(H,27,32)(H,28,33). The predicted molar refractivity (Wildman–Crippen MR) is 136 cm³/mol. The summed E-state index contributed by atoms with van der Waals surface area (Å²) in [5.74, 6) is 0.585. The SMILES string of the molecule is CC(=O)Nc1cccc(NC(=O)CSc2nnc(-c3c[nH]c4ccccc34)n2CC2CCCO2)c1. The zero-order valence-corrected chi connectivity index (χ0v) is 20.1. The molecular formula is C25H26N6O3S. The Hall–Kier alpha value is -3.63. The fourth-order valence-electron chi connectivity index (χ4n) is 4.21. The Kier molecular flexibility index (Phi) is 6.82. The summed E-state index contributed by atoms with van der Waals surface area (Å²) < 4.78 is 7.94. The van der Waals surface area contributed by atoms with Gasteiger partial charge in [0.05, 0.1) is 18.4 Å². The summed E-state index contributed by atoms with van der Waals surface area (Å²) in [7, 11) is 0. The summed E-state index contributed by atoms with van der Waals surface area (Å²) in [6, 6.07) is 15.1. The second-order valence-electron chi connectivity index (χ2n) is 8.40. The minimum absolute atomic E-state index is 0.0969. The van der Waals surface area contributed by atoms with Crippen molar-refractivity contribution in [3.8, 4) is 11.4 Å². The molecule has 0 spiro atoms. The second-order valence-corrected chi connectivity index (χ2v) is 9.34. The number of benzene rings is 2. The molecule has 1 atom stereocenters. The van der Waals surface area contributed by atoms with E-state index in [-0.39, 0.29) is 23.7 Å². The third-order valence-corrected chi connectivity index (χ3v) is 6.72. The van der Waals surface area contributed by atoms with Crippen molar-refractivity contribution in [2.45, 2.75) is 37.6 Å². The molecule has 1 unspecified atom stereocenters. The molecule has 2 aromatic heterocycles. The molecule has 1 saturated heterocycles. The van der Waals surface area contributed by atoms with E-state index >= 15 is 0 Å². The van der Waals surface area contributed by atoms with Crippen molar-refractivity contribution in [3.63, 3.8) is 0 Å². The first-order valence-corrected chi connectivity index (χ1v) is 12.5. The van der Waals surface area contributed by atoms with Crippen LogP contribution in [0.4, 0.5) is 11.4 Å². The van der Waals surface area contributed by atoms with E-state index in [9.17, 15) is 9.59 Å². The van der Waals surface area contributed by atoms with Gasteiger partial charge in [-0.25, -0.2) is 0 Å². The number of aromatic amines is 1. The van der Waals surface area contributed by atoms with E-state index in [1.165, 1.54) is 18.7 Å². The summed E-state index contributed by atoms with van der Waals surface area (Å²) in [5.41, 5.74) is 3.24. The first-order chi connectivity index (χ1) is 17.1. The van der Waals surface area contributed by atoms with Gasteiger partial charge in [0.2, 0.25) is 11.8 Å². The van der Waals surface area contributed by atoms with E-state index in [0.717, 1.165) is 41.7 Å². The highest BCUT2D eigenvalue weighted by atomic mass is 32.2. The normalized spacial score (nSPS) is 15.4. The summed E-state index contributed by atoms with van der Waals surface area (Å²) in [4.78, 5) is 27.3. The van der Waals surface area contributed by atoms with Crippen molar-refractivity contribution in [2.75, 3.05) is 23.0 Å². The molecule has 0 bridgehead atoms. The van der Waals surface area contributed by atoms with Crippen LogP contribution >= 0.6 is 11.8 Å². The van der Waals surface area contributed by atoms with Crippen molar-refractivity contribution in [1.82, 2.24) is 19.7 Å². The molecule has 5 rings (SSSR count). The maximum absolute atomic E-state index is 12.7. The molecule has 4 aromatic rings. The Morgan fingerprint density at radius 3 is 2.77 bits per heavy atom. The highest BCUT2D eigenvalue weighted by Crippen LogP contribution is 2.31. The first-order valence-electron chi connectivity index (χ1n) is 11.5. The van der Waals surface area contributed by atoms with Gasteiger partial charge >= 0.3 is 0 Å². The zero-order valence-electron chi connectivity index (χ0n) is 19.3. The number of ether oxygens (including phenoxy) is 1. The van der Waals surface area contributed by atoms with Crippen molar-refractivity contribution < 1.29 is 14.3 Å². The van der Waals surface area contributed by atoms with Crippen molar-refractivity contribution >= 4 is 45.9 Å². The summed E-state index contributed by atoms with van der Waals surface area (Å²) in [6.07, 6.45) is 4.07. The van der Waals surface area contributed by atoms with Crippen LogP contribution in [0.3, 0.4) is 0 Å². The summed E-state index contributed by atoms with van der Waals surface area (Å²) in [6.45, 7) is 2.83. The summed E-state index contributed by atoms with van der Waals surface area (Å²) in [5, 5.41) is 16.3. The number of hydrogen-bond donors (Lipinski definition) is 3. The van der Waals surface area contributed by atoms with E-state index in [1.807, 2.05) is 24.4 Å². The Balaban J connectivity index is 1.34. The third kappa shape index (κ3) is 5.39. The molecule has 0 aliphatic carbocycles. The van der Waals surface area contributed by atoms with Crippen LogP contribution in [0.2, 0.25) is 0 Å². The molecule has 0 saturated carbocycles. The third-order valence-electron chi connectivity index (χ3n) is 5.76. The number of nitrogens with one attached hydrogen (secondary N) is 3. The van der Waals surface area contributed by atoms with Crippen molar-refractivity contribution in [2.24, 2.45) is 0 Å². The number of para-hydroxylation sites is 1. The van der Waals surface area contributed by atoms with Crippen LogP contribution in [0.5, 0.6) is 0 Å². The molecule has 1 aliphatic heterocycles. The average Bonchev–Trinajstić information content (AvgIpc) is 3.58. The molecule has 35 heavy (non-hydrogen) atoms. The molecular weight excluding hydrogens is 464 g/mol. The number of hydrogen-bond acceptors (Lipinski definition) is 6. The predicted octanol–water partition coefficient (Wildman–Crippen LogP) is 4.29. The molecule has 2 aromatic carbocycles. The van der Waals surface area contributed by atoms with Gasteiger partial charge in [0, 0.05) is 47.6 Å². The zero-order chi connectivity index (χ0) is 24.2. The van der Waals surface area contributed by atoms with Gasteiger partial charge in [0.15, 0.2) is 11.0 Å². The van der Waals surface area contributed by atoms with Gasteiger partial charge in [-0.15, -0.1) is 10.2 Å². The summed E-state index contributed by atoms with van der Waals surface area (Å²) >= 11 is 1.34. The van der Waals surface area contributed by atoms with Crippen molar-refractivity contribution in [1.29, 1.82) is 0 Å². The van der Waals surface area contributed by atoms with Gasteiger partial charge in [0.1, 0.15) is 0 Å². The van der Waals surface area contributed by atoms with Gasteiger partial charge < -0.3 is 20.4 Å². The van der Waals surface area contributed by atoms with E-state index in [0.29, 0.717) is 23.1 Å². The number of H-pyrrole nitrogens is 1. The molecule has 1 aliphatic rings. The number of nitrogens with zero attached hydrogens (tertiary/aromatic N) is 3. The first kappa shape index (κ1) is 23.1. The molecule has 9 nitrogen and oxygen atoms in total. The van der Waals surface area contributed by atoms with Crippen LogP contribution in [0.15, 0.2) is 59.9 Å². The lowest BCUT2D eigenvalue weighted by atomic mass is 10.1. The number of anilines is 2. The fourth-order valence-corrected chi connectivity index (χ4v) is 4.96. The number of thioether (sulfide) groups is 1. The smallest absolute Gasteiger partial charge is 0.234 e. The van der Waals surface area contributed by atoms with Gasteiger partial charge in [0.25, 0.3) is 0 Å². The fraction of sp³-hybridized carbons (Fsp3) is 0.280. The van der Waals surface area contributed by atoms with Crippen LogP contribution < -0.4 is 10.6 Å². The number of rotatable bonds is 8. The number of fused-ring (bicyclic) bond motifs is 1. The van der Waals surface area contributed by atoms with Crippen LogP contribution in [0, 0.1) is 0 Å². The van der Waals surface area contributed by atoms with Gasteiger partial charge in [-0.2, -0.15) is 0 Å². The minimum Gasteiger partial charge on any atom is -0.376 e. The Labute approximate surface area is 206 Å². The van der Waals surface area contributed by atoms with Crippen LogP contribution in [0.25, 0.3) is 22.3 Å². The lowest BCUT2D eigenvalue weighted by Crippen LogP contribution is -2.18. The largest absolute Gasteiger partial charge is 0.376 e. The van der Waals surface area contributed by atoms with E-state index in [1.54, 1.807) is 24.3 Å². The number of aromatic nitrogens is 4. The molecule has 3 heterocycles. The van der Waals surface area contributed by atoms with E-state index < -0.39 is 0 Å². The minimum atomic E-state index is -0.171. The molecule has 10 heteroatoms. The van der Waals surface area contributed by atoms with Crippen LogP contribution in [0.1, 0.15) is 19.8 Å². The Morgan fingerprint density at radius 2 is 1.97 bits per heavy atom. The molecule has 2 amide bonds. The van der Waals surface area contributed by atoms with Gasteiger partial charge in [-0.1, -0.05) is 36.0 Å². The lowest BCUT2D eigenvalue weighted by molar-refractivity contribution is -0.114. The Bertz CT molecular complexity index is 1360. The quantitative estimate of drug-likeness (QED) is 0.318. The van der Waals surface area contributed by atoms with E-state index in [4.69, 9.17) is 4.74 Å². The van der Waals surface area contributed by atoms with Gasteiger partial charge in [-0.05, 0) is 37.1 Å². The molecule has 3 N–H and O–H groups in total. The topological polar surface area (TPSA) is 114 Å². The number of amides is 2.